The fraction of sp³-hybridized carbons (Fsp3) is 0.400. The number of hydrogen-bond acceptors (Lipinski definition) is 6. The van der Waals surface area contributed by atoms with Gasteiger partial charge < -0.3 is 19.6 Å². The zero-order valence-electron chi connectivity index (χ0n) is 21.4. The van der Waals surface area contributed by atoms with E-state index in [0.717, 1.165) is 47.6 Å². The molecule has 2 N–H and O–H groups in total. The van der Waals surface area contributed by atoms with Gasteiger partial charge in [-0.1, -0.05) is 36.4 Å². The van der Waals surface area contributed by atoms with Crippen LogP contribution < -0.4 is 10.3 Å². The summed E-state index contributed by atoms with van der Waals surface area (Å²) in [7, 11) is 2.92. The number of benzene rings is 2. The van der Waals surface area contributed by atoms with E-state index in [1.807, 2.05) is 30.3 Å². The first kappa shape index (κ1) is 23.9. The van der Waals surface area contributed by atoms with E-state index in [2.05, 4.69) is 35.0 Å². The third-order valence-corrected chi connectivity index (χ3v) is 8.99. The Bertz CT molecular complexity index is 1430. The summed E-state index contributed by atoms with van der Waals surface area (Å²) in [5, 5.41) is 12.9. The molecule has 0 radical (unpaired) electrons. The van der Waals surface area contributed by atoms with Crippen molar-refractivity contribution in [3.05, 3.63) is 98.5 Å². The van der Waals surface area contributed by atoms with Crippen molar-refractivity contribution in [1.82, 2.24) is 9.88 Å². The number of rotatable bonds is 5. The molecule has 7 nitrogen and oxygen atoms in total. The van der Waals surface area contributed by atoms with Crippen molar-refractivity contribution in [3.8, 4) is 5.75 Å². The average Bonchev–Trinajstić information content (AvgIpc) is 3.08. The van der Waals surface area contributed by atoms with E-state index in [-0.39, 0.29) is 11.6 Å². The lowest BCUT2D eigenvalue weighted by Crippen LogP contribution is -2.67. The summed E-state index contributed by atoms with van der Waals surface area (Å²) in [5.74, 6) is 0.397. The van der Waals surface area contributed by atoms with Crippen LogP contribution in [0.1, 0.15) is 44.7 Å². The molecule has 3 aliphatic rings. The van der Waals surface area contributed by atoms with Crippen molar-refractivity contribution in [2.45, 2.75) is 49.8 Å². The SMILES string of the molecule is COC(=O)c1cc2c([nH]c1=O)C[C@@]1(c3cc(OC)ccc3C)CC3CN(Cc4ccccc4)[C@H]3[C@]1(O)C2. The van der Waals surface area contributed by atoms with Gasteiger partial charge in [0.25, 0.3) is 5.56 Å². The molecule has 6 rings (SSSR count). The van der Waals surface area contributed by atoms with Gasteiger partial charge in [-0.05, 0) is 59.7 Å². The van der Waals surface area contributed by atoms with Gasteiger partial charge in [-0.3, -0.25) is 9.69 Å². The molecule has 1 saturated heterocycles. The van der Waals surface area contributed by atoms with Crippen LogP contribution >= 0.6 is 0 Å². The molecule has 1 aliphatic heterocycles. The zero-order valence-corrected chi connectivity index (χ0v) is 21.4. The monoisotopic (exact) mass is 500 g/mol. The van der Waals surface area contributed by atoms with E-state index in [1.165, 1.54) is 12.7 Å². The van der Waals surface area contributed by atoms with Crippen LogP contribution in [0.15, 0.2) is 59.4 Å². The minimum absolute atomic E-state index is 0.0285. The predicted octanol–water partition coefficient (Wildman–Crippen LogP) is 3.15. The standard InChI is InChI=1S/C30H32N2O5/c1-18-9-10-22(36-2)12-24(18)29-13-21-17-32(16-19-7-5-4-6-8-19)26(21)30(29,35)14-20-11-23(28(34)37-3)27(33)31-25(20)15-29/h4-12,21,26,35H,13-17H2,1-3H3,(H,31,33)/t21?,26-,29-,30-/m1/s1. The Hall–Kier alpha value is -3.42. The number of carbonyl (C=O) groups excluding carboxylic acids is 1. The molecule has 1 unspecified atom stereocenters. The van der Waals surface area contributed by atoms with E-state index in [1.54, 1.807) is 13.2 Å². The van der Waals surface area contributed by atoms with Gasteiger partial charge in [0.15, 0.2) is 0 Å². The topological polar surface area (TPSA) is 91.9 Å². The van der Waals surface area contributed by atoms with Gasteiger partial charge in [0.2, 0.25) is 0 Å². The van der Waals surface area contributed by atoms with E-state index >= 15 is 0 Å². The molecule has 2 heterocycles. The Labute approximate surface area is 216 Å². The summed E-state index contributed by atoms with van der Waals surface area (Å²) >= 11 is 0. The van der Waals surface area contributed by atoms with Crippen LogP contribution in [0.5, 0.6) is 5.75 Å². The first-order chi connectivity index (χ1) is 17.8. The van der Waals surface area contributed by atoms with Gasteiger partial charge in [-0.15, -0.1) is 0 Å². The molecule has 192 valence electrons. The largest absolute Gasteiger partial charge is 0.497 e. The van der Waals surface area contributed by atoms with Gasteiger partial charge >= 0.3 is 5.97 Å². The number of nitrogens with zero attached hydrogens (tertiary/aromatic N) is 1. The highest BCUT2D eigenvalue weighted by molar-refractivity contribution is 5.89. The lowest BCUT2D eigenvalue weighted by atomic mass is 9.59. The number of methoxy groups -OCH3 is 2. The fourth-order valence-electron chi connectivity index (χ4n) is 7.39. The number of nitrogens with one attached hydrogen (secondary N) is 1. The van der Waals surface area contributed by atoms with Crippen molar-refractivity contribution in [3.63, 3.8) is 0 Å². The molecule has 0 spiro atoms. The number of esters is 1. The van der Waals surface area contributed by atoms with Crippen LogP contribution in [-0.2, 0) is 29.5 Å². The molecule has 1 aromatic heterocycles. The molecule has 0 bridgehead atoms. The van der Waals surface area contributed by atoms with E-state index in [4.69, 9.17) is 9.47 Å². The maximum Gasteiger partial charge on any atom is 0.343 e. The summed E-state index contributed by atoms with van der Waals surface area (Å²) in [6.07, 6.45) is 1.63. The van der Waals surface area contributed by atoms with Crippen molar-refractivity contribution < 1.29 is 19.4 Å². The van der Waals surface area contributed by atoms with Gasteiger partial charge in [-0.2, -0.15) is 0 Å². The molecule has 7 heteroatoms. The van der Waals surface area contributed by atoms with Crippen LogP contribution in [0.3, 0.4) is 0 Å². The highest BCUT2D eigenvalue weighted by Gasteiger charge is 2.70. The van der Waals surface area contributed by atoms with Gasteiger partial charge in [0.1, 0.15) is 11.3 Å². The summed E-state index contributed by atoms with van der Waals surface area (Å²) < 4.78 is 10.4. The molecule has 3 aromatic rings. The first-order valence-electron chi connectivity index (χ1n) is 12.8. The second kappa shape index (κ2) is 8.57. The fourth-order valence-corrected chi connectivity index (χ4v) is 7.39. The van der Waals surface area contributed by atoms with Crippen LogP contribution in [0.2, 0.25) is 0 Å². The normalized spacial score (nSPS) is 28.0. The Morgan fingerprint density at radius 1 is 1.14 bits per heavy atom. The minimum atomic E-state index is -1.10. The average molecular weight is 501 g/mol. The summed E-state index contributed by atoms with van der Waals surface area (Å²) in [6, 6.07) is 18.0. The number of aryl methyl sites for hydroxylation is 1. The van der Waals surface area contributed by atoms with Crippen molar-refractivity contribution in [2.75, 3.05) is 20.8 Å². The number of fused-ring (bicyclic) bond motifs is 4. The molecule has 4 atom stereocenters. The maximum absolute atomic E-state index is 12.9. The summed E-state index contributed by atoms with van der Waals surface area (Å²) in [4.78, 5) is 30.5. The van der Waals surface area contributed by atoms with Gasteiger partial charge in [0, 0.05) is 43.1 Å². The highest BCUT2D eigenvalue weighted by atomic mass is 16.5. The number of likely N-dealkylation sites (tertiary alicyclic amines) is 1. The number of H-pyrrole nitrogens is 1. The lowest BCUT2D eigenvalue weighted by molar-refractivity contribution is -0.120. The van der Waals surface area contributed by atoms with E-state index in [0.29, 0.717) is 18.8 Å². The third kappa shape index (κ3) is 3.48. The molecule has 1 saturated carbocycles. The lowest BCUT2D eigenvalue weighted by Gasteiger charge is -2.54. The number of aliphatic hydroxyl groups is 1. The molecular weight excluding hydrogens is 468 g/mol. The molecule has 2 fully saturated rings. The van der Waals surface area contributed by atoms with Crippen LogP contribution in [0.4, 0.5) is 0 Å². The van der Waals surface area contributed by atoms with Crippen molar-refractivity contribution in [1.29, 1.82) is 0 Å². The number of aromatic nitrogens is 1. The summed E-state index contributed by atoms with van der Waals surface area (Å²) in [5.41, 5.74) is 2.76. The minimum Gasteiger partial charge on any atom is -0.497 e. The first-order valence-corrected chi connectivity index (χ1v) is 12.8. The third-order valence-electron chi connectivity index (χ3n) is 8.99. The van der Waals surface area contributed by atoms with Gasteiger partial charge in [-0.25, -0.2) is 4.79 Å². The zero-order chi connectivity index (χ0) is 25.9. The van der Waals surface area contributed by atoms with Crippen LogP contribution in [0.25, 0.3) is 0 Å². The number of carbonyl (C=O) groups is 1. The molecule has 37 heavy (non-hydrogen) atoms. The quantitative estimate of drug-likeness (QED) is 0.523. The Morgan fingerprint density at radius 2 is 1.92 bits per heavy atom. The van der Waals surface area contributed by atoms with Crippen LogP contribution in [0, 0.1) is 12.8 Å². The number of hydrogen-bond donors (Lipinski definition) is 2. The molecular formula is C30H32N2O5. The molecule has 0 amide bonds. The second-order valence-electron chi connectivity index (χ2n) is 10.9. The van der Waals surface area contributed by atoms with Gasteiger partial charge in [0.05, 0.1) is 19.8 Å². The Morgan fingerprint density at radius 3 is 2.65 bits per heavy atom. The number of pyridine rings is 1. The summed E-state index contributed by atoms with van der Waals surface area (Å²) in [6.45, 7) is 3.75. The Kier molecular flexibility index (Phi) is 5.55. The highest BCUT2D eigenvalue weighted by Crippen LogP contribution is 2.62. The molecule has 2 aromatic carbocycles. The number of aromatic amines is 1. The smallest absolute Gasteiger partial charge is 0.343 e. The molecule has 2 aliphatic carbocycles. The number of ether oxygens (including phenoxy) is 2. The maximum atomic E-state index is 12.9. The van der Waals surface area contributed by atoms with E-state index < -0.39 is 22.5 Å². The van der Waals surface area contributed by atoms with Crippen LogP contribution in [-0.4, -0.2) is 53.4 Å². The van der Waals surface area contributed by atoms with E-state index in [9.17, 15) is 14.7 Å². The van der Waals surface area contributed by atoms with Crippen molar-refractivity contribution >= 4 is 5.97 Å². The van der Waals surface area contributed by atoms with Crippen molar-refractivity contribution in [2.24, 2.45) is 5.92 Å². The predicted molar refractivity (Wildman–Crippen MR) is 139 cm³/mol. The Balaban J connectivity index is 1.50. The second-order valence-corrected chi connectivity index (χ2v) is 10.9.